The van der Waals surface area contributed by atoms with Crippen LogP contribution in [-0.4, -0.2) is 54.4 Å². The first-order chi connectivity index (χ1) is 16.5. The van der Waals surface area contributed by atoms with Gasteiger partial charge in [-0.3, -0.25) is 0 Å². The van der Waals surface area contributed by atoms with Crippen LogP contribution in [0.25, 0.3) is 0 Å². The topological polar surface area (TPSA) is 63.5 Å². The quantitative estimate of drug-likeness (QED) is 0.497. The lowest BCUT2D eigenvalue weighted by atomic mass is 9.81. The summed E-state index contributed by atoms with van der Waals surface area (Å²) in [6.07, 6.45) is 10.3. The normalized spacial score (nSPS) is 32.0. The predicted octanol–water partition coefficient (Wildman–Crippen LogP) is 5.16. The molecule has 0 bridgehead atoms. The highest BCUT2D eigenvalue weighted by atomic mass is 35.5. The molecule has 6 nitrogen and oxygen atoms in total. The van der Waals surface area contributed by atoms with Gasteiger partial charge < -0.3 is 24.3 Å². The lowest BCUT2D eigenvalue weighted by Gasteiger charge is -2.33. The monoisotopic (exact) mass is 492 g/mol. The van der Waals surface area contributed by atoms with Gasteiger partial charge in [0.05, 0.1) is 18.2 Å². The van der Waals surface area contributed by atoms with E-state index >= 15 is 0 Å². The number of hydrogen-bond donors (Lipinski definition) is 1. The molecule has 3 heterocycles. The fourth-order valence-corrected chi connectivity index (χ4v) is 6.01. The van der Waals surface area contributed by atoms with E-state index in [1.165, 1.54) is 17.7 Å². The molecule has 3 aliphatic heterocycles. The van der Waals surface area contributed by atoms with Crippen LogP contribution < -0.4 is 0 Å². The zero-order valence-electron chi connectivity index (χ0n) is 19.7. The Hall–Kier alpha value is -1.83. The van der Waals surface area contributed by atoms with E-state index in [0.717, 1.165) is 69.6 Å². The van der Waals surface area contributed by atoms with Crippen molar-refractivity contribution in [3.8, 4) is 0 Å². The average molecular weight is 493 g/mol. The van der Waals surface area contributed by atoms with E-state index in [9.17, 15) is 9.50 Å². The minimum absolute atomic E-state index is 0.0893. The van der Waals surface area contributed by atoms with Crippen molar-refractivity contribution >= 4 is 17.3 Å². The number of hydrogen-bond acceptors (Lipinski definition) is 6. The second-order valence-corrected chi connectivity index (χ2v) is 10.4. The summed E-state index contributed by atoms with van der Waals surface area (Å²) >= 11 is 6.55. The van der Waals surface area contributed by atoms with E-state index in [4.69, 9.17) is 25.9 Å². The molecule has 0 amide bonds. The number of unbranched alkanes of at least 4 members (excludes halogenated alkanes) is 1. The van der Waals surface area contributed by atoms with Crippen molar-refractivity contribution in [3.63, 3.8) is 0 Å². The van der Waals surface area contributed by atoms with Gasteiger partial charge >= 0.3 is 0 Å². The number of nitrogens with zero attached hydrogens (tertiary/aromatic N) is 2. The third kappa shape index (κ3) is 5.07. The lowest BCUT2D eigenvalue weighted by molar-refractivity contribution is -0.0861. The van der Waals surface area contributed by atoms with Crippen molar-refractivity contribution in [1.82, 2.24) is 4.90 Å². The molecule has 1 N–H and O–H groups in total. The molecule has 5 rings (SSSR count). The van der Waals surface area contributed by atoms with Crippen LogP contribution in [0.4, 0.5) is 4.39 Å². The maximum atomic E-state index is 13.4. The number of piperidine rings is 1. The van der Waals surface area contributed by atoms with Gasteiger partial charge in [0, 0.05) is 18.8 Å². The maximum absolute atomic E-state index is 13.4. The first-order valence-corrected chi connectivity index (χ1v) is 13.0. The molecule has 186 valence electrons. The van der Waals surface area contributed by atoms with Crippen LogP contribution in [0.1, 0.15) is 51.9 Å². The Morgan fingerprint density at radius 3 is 2.91 bits per heavy atom. The van der Waals surface area contributed by atoms with Crippen LogP contribution in [0.3, 0.4) is 0 Å². The number of halogens is 2. The highest BCUT2D eigenvalue weighted by molar-refractivity contribution is 6.32. The molecule has 5 aliphatic rings. The fraction of sp³-hybridized carbons (Fsp3) is 0.654. The Labute approximate surface area is 205 Å². The van der Waals surface area contributed by atoms with E-state index in [0.29, 0.717) is 29.7 Å². The number of ether oxygens (including phenoxy) is 2. The molecule has 34 heavy (non-hydrogen) atoms. The molecule has 8 heteroatoms. The van der Waals surface area contributed by atoms with Gasteiger partial charge in [0.25, 0.3) is 0 Å². The molecule has 1 saturated heterocycles. The van der Waals surface area contributed by atoms with E-state index in [1.807, 2.05) is 6.08 Å². The molecule has 0 aromatic heterocycles. The van der Waals surface area contributed by atoms with Gasteiger partial charge in [0.1, 0.15) is 22.4 Å². The second kappa shape index (κ2) is 10.4. The van der Waals surface area contributed by atoms with E-state index in [1.54, 1.807) is 0 Å². The molecule has 1 fully saturated rings. The Balaban J connectivity index is 1.02. The minimum Gasteiger partial charge on any atom is -0.496 e. The molecule has 0 aromatic rings. The Kier molecular flexibility index (Phi) is 7.32. The average Bonchev–Trinajstić information content (AvgIpc) is 3.24. The summed E-state index contributed by atoms with van der Waals surface area (Å²) in [7, 11) is 0. The highest BCUT2D eigenvalue weighted by Gasteiger charge is 2.38. The molecule has 0 spiro atoms. The summed E-state index contributed by atoms with van der Waals surface area (Å²) < 4.78 is 25.1. The number of allylic oxidation sites excluding steroid dienone is 5. The largest absolute Gasteiger partial charge is 0.496 e. The molecular formula is C26H34ClFN2O4. The SMILES string of the molecule is C[C@@H]1C[C@H](O)OC2=C1CCC(OCCCCN1CCC(C3=NO[C@H]4C=C(F)C=CC34)CC1)=C2Cl. The maximum Gasteiger partial charge on any atom is 0.198 e. The van der Waals surface area contributed by atoms with Gasteiger partial charge in [-0.1, -0.05) is 29.8 Å². The molecule has 0 aromatic carbocycles. The van der Waals surface area contributed by atoms with Gasteiger partial charge in [0.15, 0.2) is 12.4 Å². The third-order valence-electron chi connectivity index (χ3n) is 7.67. The van der Waals surface area contributed by atoms with Gasteiger partial charge in [-0.25, -0.2) is 4.39 Å². The number of likely N-dealkylation sites (tertiary alicyclic amines) is 1. The number of oxime groups is 1. The van der Waals surface area contributed by atoms with Crippen molar-refractivity contribution < 1.29 is 23.8 Å². The molecular weight excluding hydrogens is 459 g/mol. The summed E-state index contributed by atoms with van der Waals surface area (Å²) in [5.41, 5.74) is 2.28. The van der Waals surface area contributed by atoms with Gasteiger partial charge in [0.2, 0.25) is 0 Å². The van der Waals surface area contributed by atoms with E-state index in [2.05, 4.69) is 17.0 Å². The molecule has 0 saturated carbocycles. The summed E-state index contributed by atoms with van der Waals surface area (Å²) in [5, 5.41) is 14.8. The fourth-order valence-electron chi connectivity index (χ4n) is 5.70. The first kappa shape index (κ1) is 23.9. The molecule has 1 unspecified atom stereocenters. The van der Waals surface area contributed by atoms with Crippen LogP contribution in [-0.2, 0) is 14.3 Å². The minimum atomic E-state index is -0.792. The zero-order valence-corrected chi connectivity index (χ0v) is 20.5. The van der Waals surface area contributed by atoms with Crippen LogP contribution in [0.15, 0.2) is 51.3 Å². The Morgan fingerprint density at radius 1 is 1.26 bits per heavy atom. The number of aliphatic hydroxyl groups is 1. The van der Waals surface area contributed by atoms with Crippen LogP contribution in [0, 0.1) is 17.8 Å². The van der Waals surface area contributed by atoms with Crippen LogP contribution in [0.2, 0.25) is 0 Å². The molecule has 0 radical (unpaired) electrons. The van der Waals surface area contributed by atoms with Crippen molar-refractivity contribution in [2.45, 2.75) is 64.3 Å². The van der Waals surface area contributed by atoms with Crippen LogP contribution in [0.5, 0.6) is 0 Å². The Morgan fingerprint density at radius 2 is 2.09 bits per heavy atom. The predicted molar refractivity (Wildman–Crippen MR) is 128 cm³/mol. The first-order valence-electron chi connectivity index (χ1n) is 12.6. The highest BCUT2D eigenvalue weighted by Crippen LogP contribution is 2.42. The standard InChI is InChI=1S/C26H34ClFN2O4/c1-16-14-23(31)33-26-19(16)6-7-21(24(26)27)32-13-3-2-10-30-11-8-17(9-12-30)25-20-5-4-18(28)15-22(20)34-29-25/h4-5,15-17,20,22-23,31H,2-3,6-14H2,1H3/t16-,20?,22+,23-/m1/s1. The van der Waals surface area contributed by atoms with Crippen molar-refractivity contribution in [2.75, 3.05) is 26.2 Å². The van der Waals surface area contributed by atoms with Crippen LogP contribution >= 0.6 is 11.6 Å². The number of fused-ring (bicyclic) bond motifs is 1. The van der Waals surface area contributed by atoms with Gasteiger partial charge in [-0.15, -0.1) is 0 Å². The van der Waals surface area contributed by atoms with Crippen molar-refractivity contribution in [3.05, 3.63) is 46.2 Å². The second-order valence-electron chi connectivity index (χ2n) is 9.99. The van der Waals surface area contributed by atoms with E-state index < -0.39 is 6.29 Å². The van der Waals surface area contributed by atoms with Gasteiger partial charge in [-0.2, -0.15) is 0 Å². The van der Waals surface area contributed by atoms with E-state index in [-0.39, 0.29) is 23.8 Å². The smallest absolute Gasteiger partial charge is 0.198 e. The Bertz CT molecular complexity index is 935. The summed E-state index contributed by atoms with van der Waals surface area (Å²) in [5.74, 6) is 1.96. The zero-order chi connectivity index (χ0) is 23.7. The summed E-state index contributed by atoms with van der Waals surface area (Å²) in [6, 6.07) is 0. The summed E-state index contributed by atoms with van der Waals surface area (Å²) in [4.78, 5) is 7.97. The number of rotatable bonds is 7. The molecule has 4 atom stereocenters. The van der Waals surface area contributed by atoms with Gasteiger partial charge in [-0.05, 0) is 75.4 Å². The molecule has 2 aliphatic carbocycles. The third-order valence-corrected chi connectivity index (χ3v) is 8.06. The number of aliphatic hydroxyl groups excluding tert-OH is 1. The van der Waals surface area contributed by atoms with Crippen molar-refractivity contribution in [2.24, 2.45) is 22.9 Å². The van der Waals surface area contributed by atoms with Crippen molar-refractivity contribution in [1.29, 1.82) is 0 Å². The lowest BCUT2D eigenvalue weighted by Crippen LogP contribution is -2.38. The summed E-state index contributed by atoms with van der Waals surface area (Å²) in [6.45, 7) is 5.88.